The van der Waals surface area contributed by atoms with Gasteiger partial charge in [-0.1, -0.05) is 13.0 Å². The van der Waals surface area contributed by atoms with Crippen LogP contribution in [0.4, 0.5) is 0 Å². The first-order valence-electron chi connectivity index (χ1n) is 3.06. The van der Waals surface area contributed by atoms with Gasteiger partial charge in [-0.2, -0.15) is 0 Å². The summed E-state index contributed by atoms with van der Waals surface area (Å²) in [6, 6.07) is 0. The van der Waals surface area contributed by atoms with Crippen molar-refractivity contribution in [3.63, 3.8) is 0 Å². The Morgan fingerprint density at radius 3 is 2.67 bits per heavy atom. The molecule has 9 heavy (non-hydrogen) atoms. The van der Waals surface area contributed by atoms with E-state index in [1.165, 1.54) is 12.2 Å². The molecule has 0 rings (SSSR count). The molecular formula is C7H12O2. The molecular weight excluding hydrogens is 116 g/mol. The average Bonchev–Trinajstić information content (AvgIpc) is 1.83. The zero-order valence-electron chi connectivity index (χ0n) is 5.79. The minimum atomic E-state index is -0.513. The normalized spacial score (nSPS) is 14.1. The highest BCUT2D eigenvalue weighted by Crippen LogP contribution is 1.86. The molecule has 1 atom stereocenters. The number of carbonyl (C=O) groups is 1. The van der Waals surface area contributed by atoms with Gasteiger partial charge in [0.25, 0.3) is 0 Å². The van der Waals surface area contributed by atoms with Crippen LogP contribution in [0.5, 0.6) is 0 Å². The second-order valence-corrected chi connectivity index (χ2v) is 1.92. The van der Waals surface area contributed by atoms with Gasteiger partial charge in [-0.05, 0) is 13.0 Å². The quantitative estimate of drug-likeness (QED) is 0.573. The predicted octanol–water partition coefficient (Wildman–Crippen LogP) is 0.902. The molecule has 1 unspecified atom stereocenters. The molecule has 52 valence electrons. The van der Waals surface area contributed by atoms with Gasteiger partial charge in [-0.25, -0.2) is 0 Å². The van der Waals surface area contributed by atoms with Crippen LogP contribution >= 0.6 is 0 Å². The minimum Gasteiger partial charge on any atom is -0.389 e. The van der Waals surface area contributed by atoms with Gasteiger partial charge >= 0.3 is 0 Å². The second kappa shape index (κ2) is 4.27. The van der Waals surface area contributed by atoms with Crippen LogP contribution < -0.4 is 0 Å². The maximum Gasteiger partial charge on any atom is 0.155 e. The summed E-state index contributed by atoms with van der Waals surface area (Å²) in [5.74, 6) is 0.0518. The maximum atomic E-state index is 10.5. The maximum absolute atomic E-state index is 10.5. The average molecular weight is 128 g/mol. The van der Waals surface area contributed by atoms with Crippen LogP contribution in [0.25, 0.3) is 0 Å². The summed E-state index contributed by atoms with van der Waals surface area (Å²) in [5.41, 5.74) is 0. The Kier molecular flexibility index (Phi) is 3.97. The lowest BCUT2D eigenvalue weighted by atomic mass is 10.2. The van der Waals surface area contributed by atoms with Crippen LogP contribution in [0.2, 0.25) is 0 Å². The van der Waals surface area contributed by atoms with E-state index >= 15 is 0 Å². The van der Waals surface area contributed by atoms with Crippen LogP contribution in [0.15, 0.2) is 12.2 Å². The van der Waals surface area contributed by atoms with E-state index in [4.69, 9.17) is 5.11 Å². The Hall–Kier alpha value is -0.630. The topological polar surface area (TPSA) is 37.3 Å². The number of allylic oxidation sites excluding steroid dienone is 1. The van der Waals surface area contributed by atoms with E-state index in [0.29, 0.717) is 6.42 Å². The highest BCUT2D eigenvalue weighted by atomic mass is 16.3. The molecule has 0 fully saturated rings. The van der Waals surface area contributed by atoms with Gasteiger partial charge in [-0.15, -0.1) is 0 Å². The van der Waals surface area contributed by atoms with E-state index in [1.807, 2.05) is 0 Å². The Morgan fingerprint density at radius 2 is 2.33 bits per heavy atom. The molecule has 0 aliphatic heterocycles. The van der Waals surface area contributed by atoms with Crippen molar-refractivity contribution in [3.05, 3.63) is 12.2 Å². The fourth-order valence-corrected chi connectivity index (χ4v) is 0.364. The molecule has 0 aliphatic carbocycles. The van der Waals surface area contributed by atoms with Crippen LogP contribution in [-0.2, 0) is 4.79 Å². The molecule has 0 saturated carbocycles. The van der Waals surface area contributed by atoms with Gasteiger partial charge in [0.1, 0.15) is 0 Å². The first-order valence-corrected chi connectivity index (χ1v) is 3.06. The summed E-state index contributed by atoms with van der Waals surface area (Å²) in [6.07, 6.45) is 2.88. The monoisotopic (exact) mass is 128 g/mol. The highest BCUT2D eigenvalue weighted by Gasteiger charge is 1.90. The van der Waals surface area contributed by atoms with Crippen molar-refractivity contribution in [3.8, 4) is 0 Å². The van der Waals surface area contributed by atoms with Gasteiger partial charge in [-0.3, -0.25) is 4.79 Å². The molecule has 0 bridgehead atoms. The molecule has 1 N–H and O–H groups in total. The molecule has 0 heterocycles. The van der Waals surface area contributed by atoms with Crippen molar-refractivity contribution >= 4 is 5.78 Å². The predicted molar refractivity (Wildman–Crippen MR) is 36.1 cm³/mol. The van der Waals surface area contributed by atoms with E-state index in [-0.39, 0.29) is 5.78 Å². The number of hydrogen-bond acceptors (Lipinski definition) is 2. The SMILES string of the molecule is CCC(=O)/C=C/C(C)O. The lowest BCUT2D eigenvalue weighted by Crippen LogP contribution is -1.95. The van der Waals surface area contributed by atoms with Crippen molar-refractivity contribution in [2.45, 2.75) is 26.4 Å². The van der Waals surface area contributed by atoms with Crippen LogP contribution in [0.3, 0.4) is 0 Å². The number of carbonyl (C=O) groups excluding carboxylic acids is 1. The number of rotatable bonds is 3. The molecule has 0 aliphatic rings. The van der Waals surface area contributed by atoms with E-state index in [9.17, 15) is 4.79 Å². The van der Waals surface area contributed by atoms with Crippen molar-refractivity contribution < 1.29 is 9.90 Å². The summed E-state index contributed by atoms with van der Waals surface area (Å²) in [4.78, 5) is 10.5. The Morgan fingerprint density at radius 1 is 1.78 bits per heavy atom. The molecule has 2 nitrogen and oxygen atoms in total. The van der Waals surface area contributed by atoms with Crippen molar-refractivity contribution in [2.75, 3.05) is 0 Å². The van der Waals surface area contributed by atoms with E-state index < -0.39 is 6.10 Å². The van der Waals surface area contributed by atoms with E-state index in [0.717, 1.165) is 0 Å². The third kappa shape index (κ3) is 5.24. The van der Waals surface area contributed by atoms with Crippen molar-refractivity contribution in [1.82, 2.24) is 0 Å². The first kappa shape index (κ1) is 8.37. The fraction of sp³-hybridized carbons (Fsp3) is 0.571. The van der Waals surface area contributed by atoms with Crippen LogP contribution in [0.1, 0.15) is 20.3 Å². The summed E-state index contributed by atoms with van der Waals surface area (Å²) in [6.45, 7) is 3.40. The molecule has 0 aromatic heterocycles. The highest BCUT2D eigenvalue weighted by molar-refractivity contribution is 5.89. The molecule has 0 amide bonds. The van der Waals surface area contributed by atoms with Crippen molar-refractivity contribution in [2.24, 2.45) is 0 Å². The smallest absolute Gasteiger partial charge is 0.155 e. The van der Waals surface area contributed by atoms with Crippen molar-refractivity contribution in [1.29, 1.82) is 0 Å². The largest absolute Gasteiger partial charge is 0.389 e. The van der Waals surface area contributed by atoms with Gasteiger partial charge in [0.05, 0.1) is 6.10 Å². The van der Waals surface area contributed by atoms with E-state index in [2.05, 4.69) is 0 Å². The van der Waals surface area contributed by atoms with Gasteiger partial charge in [0.2, 0.25) is 0 Å². The number of hydrogen-bond donors (Lipinski definition) is 1. The molecule has 0 saturated heterocycles. The van der Waals surface area contributed by atoms with Gasteiger partial charge in [0.15, 0.2) is 5.78 Å². The summed E-state index contributed by atoms with van der Waals surface area (Å²) in [5, 5.41) is 8.66. The first-order chi connectivity index (χ1) is 4.16. The summed E-state index contributed by atoms with van der Waals surface area (Å²) >= 11 is 0. The standard InChI is InChI=1S/C7H12O2/c1-3-7(9)5-4-6(2)8/h4-6,8H,3H2,1-2H3/b5-4+. The third-order valence-corrected chi connectivity index (χ3v) is 0.909. The Balaban J connectivity index is 3.57. The lowest BCUT2D eigenvalue weighted by Gasteiger charge is -1.90. The van der Waals surface area contributed by atoms with E-state index in [1.54, 1.807) is 13.8 Å². The second-order valence-electron chi connectivity index (χ2n) is 1.92. The molecule has 2 heteroatoms. The number of aliphatic hydroxyl groups excluding tert-OH is 1. The molecule has 0 spiro atoms. The number of aliphatic hydroxyl groups is 1. The van der Waals surface area contributed by atoms with Gasteiger partial charge in [0, 0.05) is 6.42 Å². The third-order valence-electron chi connectivity index (χ3n) is 0.909. The zero-order valence-corrected chi connectivity index (χ0v) is 5.79. The zero-order chi connectivity index (χ0) is 7.28. The summed E-state index contributed by atoms with van der Waals surface area (Å²) < 4.78 is 0. The fourth-order valence-electron chi connectivity index (χ4n) is 0.364. The van der Waals surface area contributed by atoms with Crippen LogP contribution in [-0.4, -0.2) is 17.0 Å². The molecule has 0 radical (unpaired) electrons. The lowest BCUT2D eigenvalue weighted by molar-refractivity contribution is -0.114. The summed E-state index contributed by atoms with van der Waals surface area (Å²) in [7, 11) is 0. The van der Waals surface area contributed by atoms with Gasteiger partial charge < -0.3 is 5.11 Å². The minimum absolute atomic E-state index is 0.0518. The number of ketones is 1. The van der Waals surface area contributed by atoms with Crippen LogP contribution in [0, 0.1) is 0 Å². The Bertz CT molecular complexity index is 114. The Labute approximate surface area is 55.2 Å². The molecule has 0 aromatic rings. The molecule has 0 aromatic carbocycles.